The molecule has 0 saturated heterocycles. The molecule has 0 unspecified atom stereocenters. The number of hydrogen-bond donors (Lipinski definition) is 1. The molecular weight excluding hydrogens is 196 g/mol. The topological polar surface area (TPSA) is 77.6 Å². The predicted octanol–water partition coefficient (Wildman–Crippen LogP) is -0.199. The Bertz CT molecular complexity index is 485. The van der Waals surface area contributed by atoms with Crippen molar-refractivity contribution >= 4 is 11.9 Å². The molecule has 2 aromatic rings. The highest BCUT2D eigenvalue weighted by Gasteiger charge is 2.11. The van der Waals surface area contributed by atoms with Crippen molar-refractivity contribution in [3.8, 4) is 0 Å². The van der Waals surface area contributed by atoms with E-state index in [2.05, 4.69) is 20.6 Å². The lowest BCUT2D eigenvalue weighted by Crippen LogP contribution is -2.15. The largest absolute Gasteiger partial charge is 0.320 e. The lowest BCUT2D eigenvalue weighted by molar-refractivity contribution is 0.102. The molecule has 2 aromatic heterocycles. The number of rotatable bonds is 2. The van der Waals surface area contributed by atoms with Crippen molar-refractivity contribution < 1.29 is 4.79 Å². The zero-order chi connectivity index (χ0) is 10.8. The van der Waals surface area contributed by atoms with Gasteiger partial charge in [-0.2, -0.15) is 0 Å². The van der Waals surface area contributed by atoms with Gasteiger partial charge in [0.1, 0.15) is 0 Å². The number of carbonyl (C=O) groups is 1. The van der Waals surface area contributed by atoms with Crippen molar-refractivity contribution in [3.63, 3.8) is 0 Å². The molecule has 15 heavy (non-hydrogen) atoms. The number of amides is 1. The summed E-state index contributed by atoms with van der Waals surface area (Å²) in [6, 6.07) is 0. The fourth-order valence-corrected chi connectivity index (χ4v) is 1.10. The Hall–Kier alpha value is -2.18. The number of carbonyl (C=O) groups excluding carboxylic acids is 1. The average molecular weight is 206 g/mol. The van der Waals surface area contributed by atoms with E-state index in [0.29, 0.717) is 5.95 Å². The highest BCUT2D eigenvalue weighted by molar-refractivity contribution is 6.01. The second-order valence-corrected chi connectivity index (χ2v) is 3.09. The summed E-state index contributed by atoms with van der Waals surface area (Å²) in [4.78, 5) is 15.6. The maximum Gasteiger partial charge on any atom is 0.280 e. The van der Waals surface area contributed by atoms with Gasteiger partial charge in [-0.05, 0) is 0 Å². The van der Waals surface area contributed by atoms with E-state index in [1.807, 2.05) is 0 Å². The van der Waals surface area contributed by atoms with Crippen LogP contribution in [0.15, 0.2) is 18.6 Å². The van der Waals surface area contributed by atoms with E-state index >= 15 is 0 Å². The quantitative estimate of drug-likeness (QED) is 0.738. The van der Waals surface area contributed by atoms with Crippen LogP contribution in [0.3, 0.4) is 0 Å². The Morgan fingerprint density at radius 3 is 2.80 bits per heavy atom. The number of nitrogens with zero attached hydrogens (tertiary/aromatic N) is 5. The van der Waals surface area contributed by atoms with Crippen molar-refractivity contribution in [2.45, 2.75) is 0 Å². The van der Waals surface area contributed by atoms with E-state index in [1.165, 1.54) is 10.9 Å². The SMILES string of the molecule is Cn1cc(C(=O)Nc2nccn2C)nn1. The summed E-state index contributed by atoms with van der Waals surface area (Å²) in [5, 5.41) is 9.97. The Balaban J connectivity index is 2.14. The van der Waals surface area contributed by atoms with Crippen molar-refractivity contribution in [3.05, 3.63) is 24.3 Å². The molecule has 1 N–H and O–H groups in total. The minimum absolute atomic E-state index is 0.264. The number of hydrogen-bond acceptors (Lipinski definition) is 4. The van der Waals surface area contributed by atoms with Crippen LogP contribution in [-0.2, 0) is 14.1 Å². The van der Waals surface area contributed by atoms with Gasteiger partial charge in [0, 0.05) is 26.5 Å². The third kappa shape index (κ3) is 1.85. The van der Waals surface area contributed by atoms with E-state index in [1.54, 1.807) is 31.1 Å². The summed E-state index contributed by atoms with van der Waals surface area (Å²) in [5.74, 6) is 0.156. The average Bonchev–Trinajstić information content (AvgIpc) is 2.77. The number of nitrogens with one attached hydrogen (secondary N) is 1. The molecule has 0 atom stereocenters. The first-order chi connectivity index (χ1) is 7.16. The highest BCUT2D eigenvalue weighted by atomic mass is 16.2. The standard InChI is InChI=1S/C8H10N6O/c1-13-4-3-9-8(13)10-7(15)6-5-14(2)12-11-6/h3-5H,1-2H3,(H,9,10,15). The second-order valence-electron chi connectivity index (χ2n) is 3.09. The third-order valence-electron chi connectivity index (χ3n) is 1.88. The molecule has 7 nitrogen and oxygen atoms in total. The summed E-state index contributed by atoms with van der Waals surface area (Å²) in [6.07, 6.45) is 4.89. The minimum atomic E-state index is -0.322. The monoisotopic (exact) mass is 206 g/mol. The van der Waals surface area contributed by atoms with Crippen LogP contribution in [0.4, 0.5) is 5.95 Å². The number of aryl methyl sites for hydroxylation is 2. The molecule has 0 aromatic carbocycles. The lowest BCUT2D eigenvalue weighted by atomic mass is 10.4. The van der Waals surface area contributed by atoms with Crippen molar-refractivity contribution in [2.24, 2.45) is 14.1 Å². The molecule has 0 aliphatic rings. The van der Waals surface area contributed by atoms with Gasteiger partial charge in [0.2, 0.25) is 5.95 Å². The van der Waals surface area contributed by atoms with E-state index < -0.39 is 0 Å². The first-order valence-electron chi connectivity index (χ1n) is 4.32. The molecule has 78 valence electrons. The van der Waals surface area contributed by atoms with Gasteiger partial charge in [-0.15, -0.1) is 5.10 Å². The molecule has 2 heterocycles. The fourth-order valence-electron chi connectivity index (χ4n) is 1.10. The summed E-state index contributed by atoms with van der Waals surface area (Å²) in [7, 11) is 3.49. The van der Waals surface area contributed by atoms with Gasteiger partial charge in [-0.1, -0.05) is 5.21 Å². The van der Waals surface area contributed by atoms with Gasteiger partial charge in [0.05, 0.1) is 6.20 Å². The zero-order valence-electron chi connectivity index (χ0n) is 8.38. The van der Waals surface area contributed by atoms with Crippen LogP contribution in [0.2, 0.25) is 0 Å². The molecule has 0 aliphatic heterocycles. The van der Waals surface area contributed by atoms with Crippen LogP contribution in [0.1, 0.15) is 10.5 Å². The number of imidazole rings is 1. The Labute approximate surface area is 85.7 Å². The van der Waals surface area contributed by atoms with Crippen molar-refractivity contribution in [1.82, 2.24) is 24.5 Å². The molecule has 7 heteroatoms. The normalized spacial score (nSPS) is 10.3. The predicted molar refractivity (Wildman–Crippen MR) is 52.2 cm³/mol. The Morgan fingerprint density at radius 2 is 2.27 bits per heavy atom. The Morgan fingerprint density at radius 1 is 1.47 bits per heavy atom. The minimum Gasteiger partial charge on any atom is -0.320 e. The molecule has 0 radical (unpaired) electrons. The van der Waals surface area contributed by atoms with Gasteiger partial charge in [0.25, 0.3) is 5.91 Å². The van der Waals surface area contributed by atoms with Crippen molar-refractivity contribution in [2.75, 3.05) is 5.32 Å². The number of aromatic nitrogens is 5. The van der Waals surface area contributed by atoms with Gasteiger partial charge in [0.15, 0.2) is 5.69 Å². The first kappa shape index (κ1) is 9.38. The van der Waals surface area contributed by atoms with Crippen LogP contribution < -0.4 is 5.32 Å². The summed E-state index contributed by atoms with van der Waals surface area (Å²) < 4.78 is 3.17. The lowest BCUT2D eigenvalue weighted by Gasteiger charge is -2.01. The van der Waals surface area contributed by atoms with E-state index in [0.717, 1.165) is 0 Å². The smallest absolute Gasteiger partial charge is 0.280 e. The van der Waals surface area contributed by atoms with E-state index in [9.17, 15) is 4.79 Å². The van der Waals surface area contributed by atoms with Crippen LogP contribution in [0.5, 0.6) is 0 Å². The molecule has 0 aliphatic carbocycles. The van der Waals surface area contributed by atoms with Gasteiger partial charge in [-0.25, -0.2) is 4.98 Å². The molecule has 0 bridgehead atoms. The van der Waals surface area contributed by atoms with E-state index in [4.69, 9.17) is 0 Å². The van der Waals surface area contributed by atoms with Gasteiger partial charge in [-0.3, -0.25) is 14.8 Å². The summed E-state index contributed by atoms with van der Waals surface area (Å²) >= 11 is 0. The molecule has 0 saturated carbocycles. The number of anilines is 1. The first-order valence-corrected chi connectivity index (χ1v) is 4.32. The molecule has 2 rings (SSSR count). The maximum absolute atomic E-state index is 11.6. The Kier molecular flexibility index (Phi) is 2.20. The molecular formula is C8H10N6O. The molecule has 0 fully saturated rings. The van der Waals surface area contributed by atoms with Crippen LogP contribution >= 0.6 is 0 Å². The zero-order valence-corrected chi connectivity index (χ0v) is 8.38. The third-order valence-corrected chi connectivity index (χ3v) is 1.88. The van der Waals surface area contributed by atoms with Crippen LogP contribution in [-0.4, -0.2) is 30.5 Å². The van der Waals surface area contributed by atoms with Crippen molar-refractivity contribution in [1.29, 1.82) is 0 Å². The second kappa shape index (κ2) is 3.52. The van der Waals surface area contributed by atoms with Gasteiger partial charge >= 0.3 is 0 Å². The van der Waals surface area contributed by atoms with Gasteiger partial charge < -0.3 is 4.57 Å². The van der Waals surface area contributed by atoms with Crippen LogP contribution in [0, 0.1) is 0 Å². The maximum atomic E-state index is 11.6. The molecule has 0 spiro atoms. The van der Waals surface area contributed by atoms with Crippen LogP contribution in [0.25, 0.3) is 0 Å². The summed E-state index contributed by atoms with van der Waals surface area (Å²) in [5.41, 5.74) is 0.264. The summed E-state index contributed by atoms with van der Waals surface area (Å²) in [6.45, 7) is 0. The fraction of sp³-hybridized carbons (Fsp3) is 0.250. The highest BCUT2D eigenvalue weighted by Crippen LogP contribution is 2.03. The van der Waals surface area contributed by atoms with E-state index in [-0.39, 0.29) is 11.6 Å². The molecule has 1 amide bonds.